The minimum Gasteiger partial charge on any atom is -0.208 e. The van der Waals surface area contributed by atoms with Gasteiger partial charge in [-0.15, -0.1) is 0 Å². The Balaban J connectivity index is 1.74. The third-order valence-corrected chi connectivity index (χ3v) is 4.00. The van der Waals surface area contributed by atoms with Gasteiger partial charge >= 0.3 is 0 Å². The molecule has 110 valence electrons. The highest BCUT2D eigenvalue weighted by Crippen LogP contribution is 2.15. The molecular weight excluding hydrogens is 268 g/mol. The van der Waals surface area contributed by atoms with Crippen LogP contribution in [0.3, 0.4) is 0 Å². The van der Waals surface area contributed by atoms with Crippen LogP contribution in [-0.4, -0.2) is 0 Å². The molecule has 3 rings (SSSR count). The summed E-state index contributed by atoms with van der Waals surface area (Å²) in [6.45, 7) is 3.10. The Labute approximate surface area is 132 Å². The molecule has 0 bridgehead atoms. The van der Waals surface area contributed by atoms with E-state index in [-0.39, 0.29) is 0 Å². The molecule has 3 aromatic rings. The highest BCUT2D eigenvalue weighted by Gasteiger charge is 2.05. The monoisotopic (exact) mass is 290 g/mol. The second kappa shape index (κ2) is 6.52. The molecule has 0 aliphatic rings. The van der Waals surface area contributed by atoms with Gasteiger partial charge in [0.2, 0.25) is 0 Å². The molecule has 0 aliphatic carbocycles. The predicted octanol–water partition coefficient (Wildman–Crippen LogP) is 3.08. The van der Waals surface area contributed by atoms with Crippen LogP contribution >= 0.6 is 0 Å². The van der Waals surface area contributed by atoms with Crippen molar-refractivity contribution >= 4 is 0 Å². The summed E-state index contributed by atoms with van der Waals surface area (Å²) in [6, 6.07) is 17.5. The molecule has 0 atom stereocenters. The standard InChI is InChI=1S/C20H22N2/c1-3-17-4-6-18(7-5-17)16-22-14-10-20(11-15-22)19-8-12-21(2)13-9-19/h4-15H,3,16H2,1-2H3/q+2. The van der Waals surface area contributed by atoms with Gasteiger partial charge in [0, 0.05) is 29.8 Å². The maximum absolute atomic E-state index is 2.22. The number of rotatable bonds is 4. The van der Waals surface area contributed by atoms with Gasteiger partial charge in [0.15, 0.2) is 31.3 Å². The van der Waals surface area contributed by atoms with E-state index >= 15 is 0 Å². The number of nitrogens with zero attached hydrogens (tertiary/aromatic N) is 2. The zero-order valence-electron chi connectivity index (χ0n) is 13.2. The van der Waals surface area contributed by atoms with E-state index in [1.54, 1.807) is 0 Å². The summed E-state index contributed by atoms with van der Waals surface area (Å²) < 4.78 is 4.26. The van der Waals surface area contributed by atoms with Gasteiger partial charge in [-0.25, -0.2) is 9.13 Å². The van der Waals surface area contributed by atoms with E-state index in [1.165, 1.54) is 22.3 Å². The third kappa shape index (κ3) is 3.40. The van der Waals surface area contributed by atoms with Crippen LogP contribution in [-0.2, 0) is 20.0 Å². The minimum atomic E-state index is 0.911. The molecule has 0 amide bonds. The van der Waals surface area contributed by atoms with Crippen molar-refractivity contribution in [1.29, 1.82) is 0 Å². The number of aromatic nitrogens is 2. The van der Waals surface area contributed by atoms with Gasteiger partial charge < -0.3 is 0 Å². The van der Waals surface area contributed by atoms with Crippen LogP contribution in [0.4, 0.5) is 0 Å². The van der Waals surface area contributed by atoms with Crippen LogP contribution in [0, 0.1) is 0 Å². The van der Waals surface area contributed by atoms with Crippen molar-refractivity contribution in [2.45, 2.75) is 19.9 Å². The second-order valence-corrected chi connectivity index (χ2v) is 5.68. The van der Waals surface area contributed by atoms with Crippen molar-refractivity contribution in [2.75, 3.05) is 0 Å². The molecule has 2 heteroatoms. The summed E-state index contributed by atoms with van der Waals surface area (Å²) in [5.41, 5.74) is 5.22. The van der Waals surface area contributed by atoms with E-state index in [0.29, 0.717) is 0 Å². The van der Waals surface area contributed by atoms with E-state index in [4.69, 9.17) is 0 Å². The van der Waals surface area contributed by atoms with Crippen LogP contribution < -0.4 is 9.13 Å². The van der Waals surface area contributed by atoms with Crippen molar-refractivity contribution in [3.63, 3.8) is 0 Å². The molecule has 2 nitrogen and oxygen atoms in total. The predicted molar refractivity (Wildman–Crippen MR) is 88.2 cm³/mol. The molecule has 2 aromatic heterocycles. The maximum Gasteiger partial charge on any atom is 0.173 e. The smallest absolute Gasteiger partial charge is 0.173 e. The molecule has 0 spiro atoms. The topological polar surface area (TPSA) is 7.76 Å². The maximum atomic E-state index is 2.22. The van der Waals surface area contributed by atoms with Crippen molar-refractivity contribution in [3.8, 4) is 11.1 Å². The largest absolute Gasteiger partial charge is 0.208 e. The zero-order valence-corrected chi connectivity index (χ0v) is 13.2. The van der Waals surface area contributed by atoms with Gasteiger partial charge in [-0.2, -0.15) is 0 Å². The lowest BCUT2D eigenvalue weighted by molar-refractivity contribution is -0.688. The molecular formula is C20H22N2+2. The second-order valence-electron chi connectivity index (χ2n) is 5.68. The Morgan fingerprint density at radius 2 is 1.18 bits per heavy atom. The summed E-state index contributed by atoms with van der Waals surface area (Å²) in [5.74, 6) is 0. The van der Waals surface area contributed by atoms with Gasteiger partial charge in [0.1, 0.15) is 7.05 Å². The number of aryl methyl sites for hydroxylation is 2. The zero-order chi connectivity index (χ0) is 15.4. The Kier molecular flexibility index (Phi) is 4.29. The first-order valence-corrected chi connectivity index (χ1v) is 7.77. The van der Waals surface area contributed by atoms with Gasteiger partial charge in [-0.05, 0) is 23.1 Å². The molecule has 2 heterocycles. The summed E-state index contributed by atoms with van der Waals surface area (Å²) in [6.07, 6.45) is 9.54. The quantitative estimate of drug-likeness (QED) is 0.652. The molecule has 1 aromatic carbocycles. The molecule has 0 saturated heterocycles. The van der Waals surface area contributed by atoms with E-state index in [1.807, 2.05) is 11.6 Å². The lowest BCUT2D eigenvalue weighted by Crippen LogP contribution is -2.33. The summed E-state index contributed by atoms with van der Waals surface area (Å²) >= 11 is 0. The van der Waals surface area contributed by atoms with Gasteiger partial charge in [-0.3, -0.25) is 0 Å². The molecule has 0 aliphatic heterocycles. The molecule has 0 saturated carbocycles. The first-order valence-electron chi connectivity index (χ1n) is 7.77. The van der Waals surface area contributed by atoms with Crippen molar-refractivity contribution in [1.82, 2.24) is 0 Å². The lowest BCUT2D eigenvalue weighted by atomic mass is 10.1. The van der Waals surface area contributed by atoms with Crippen LogP contribution in [0.2, 0.25) is 0 Å². The van der Waals surface area contributed by atoms with E-state index in [2.05, 4.69) is 84.8 Å². The molecule has 0 radical (unpaired) electrons. The van der Waals surface area contributed by atoms with Gasteiger partial charge in [0.25, 0.3) is 0 Å². The average Bonchev–Trinajstić information content (AvgIpc) is 2.57. The molecule has 0 fully saturated rings. The minimum absolute atomic E-state index is 0.911. The van der Waals surface area contributed by atoms with Crippen molar-refractivity contribution in [3.05, 3.63) is 84.4 Å². The van der Waals surface area contributed by atoms with Crippen LogP contribution in [0.5, 0.6) is 0 Å². The Bertz CT molecular complexity index is 726. The average molecular weight is 290 g/mol. The SMILES string of the molecule is CCc1ccc(C[n+]2ccc(-c3cc[n+](C)cc3)cc2)cc1. The lowest BCUT2D eigenvalue weighted by Gasteiger charge is -2.02. The first kappa shape index (κ1) is 14.5. The van der Waals surface area contributed by atoms with E-state index in [0.717, 1.165) is 13.0 Å². The molecule has 0 N–H and O–H groups in total. The summed E-state index contributed by atoms with van der Waals surface area (Å²) in [4.78, 5) is 0. The Hall–Kier alpha value is -2.48. The van der Waals surface area contributed by atoms with Crippen LogP contribution in [0.15, 0.2) is 73.3 Å². The van der Waals surface area contributed by atoms with Gasteiger partial charge in [0.05, 0.1) is 0 Å². The number of hydrogen-bond donors (Lipinski definition) is 0. The summed E-state index contributed by atoms with van der Waals surface area (Å²) in [5, 5.41) is 0. The molecule has 22 heavy (non-hydrogen) atoms. The Morgan fingerprint density at radius 3 is 1.73 bits per heavy atom. The van der Waals surface area contributed by atoms with Crippen molar-refractivity contribution in [2.24, 2.45) is 7.05 Å². The fourth-order valence-electron chi connectivity index (χ4n) is 2.54. The van der Waals surface area contributed by atoms with Gasteiger partial charge in [-0.1, -0.05) is 31.2 Å². The number of benzene rings is 1. The normalized spacial score (nSPS) is 10.6. The van der Waals surface area contributed by atoms with E-state index in [9.17, 15) is 0 Å². The van der Waals surface area contributed by atoms with Crippen molar-refractivity contribution < 1.29 is 9.13 Å². The van der Waals surface area contributed by atoms with Crippen LogP contribution in [0.25, 0.3) is 11.1 Å². The number of pyridine rings is 2. The van der Waals surface area contributed by atoms with Crippen LogP contribution in [0.1, 0.15) is 18.1 Å². The first-order chi connectivity index (χ1) is 10.7. The third-order valence-electron chi connectivity index (χ3n) is 4.00. The fourth-order valence-corrected chi connectivity index (χ4v) is 2.54. The number of hydrogen-bond acceptors (Lipinski definition) is 0. The summed E-state index contributed by atoms with van der Waals surface area (Å²) in [7, 11) is 2.03. The highest BCUT2D eigenvalue weighted by atomic mass is 14.9. The highest BCUT2D eigenvalue weighted by molar-refractivity contribution is 5.60. The van der Waals surface area contributed by atoms with E-state index < -0.39 is 0 Å². The Morgan fingerprint density at radius 1 is 0.682 bits per heavy atom. The fraction of sp³-hybridized carbons (Fsp3) is 0.200. The molecule has 0 unspecified atom stereocenters.